The number of likely N-dealkylation sites (tertiary alicyclic amines) is 1. The van der Waals surface area contributed by atoms with E-state index in [1.807, 2.05) is 6.92 Å². The number of carbonyl (C=O) groups excluding carboxylic acids is 1. The van der Waals surface area contributed by atoms with Crippen molar-refractivity contribution < 1.29 is 19.8 Å². The highest BCUT2D eigenvalue weighted by atomic mass is 16.3. The van der Waals surface area contributed by atoms with Crippen molar-refractivity contribution in [3.8, 4) is 0 Å². The van der Waals surface area contributed by atoms with Crippen LogP contribution in [0.3, 0.4) is 0 Å². The van der Waals surface area contributed by atoms with E-state index in [-0.39, 0.29) is 29.3 Å². The molecule has 7 nitrogen and oxygen atoms in total. The Labute approximate surface area is 146 Å². The zero-order valence-electron chi connectivity index (χ0n) is 14.7. The topological polar surface area (TPSA) is 111 Å². The Balaban J connectivity index is 0.000000701. The molecule has 0 bridgehead atoms. The lowest BCUT2D eigenvalue weighted by atomic mass is 9.69. The zero-order chi connectivity index (χ0) is 18.6. The minimum atomic E-state index is -0.655. The van der Waals surface area contributed by atoms with E-state index in [1.54, 1.807) is 11.8 Å². The van der Waals surface area contributed by atoms with Crippen LogP contribution in [0.4, 0.5) is 0 Å². The van der Waals surface area contributed by atoms with Gasteiger partial charge >= 0.3 is 0 Å². The normalized spacial score (nSPS) is 27.9. The Morgan fingerprint density at radius 2 is 2.16 bits per heavy atom. The number of pyridine rings is 1. The van der Waals surface area contributed by atoms with E-state index in [0.29, 0.717) is 19.0 Å². The number of nitrogens with zero attached hydrogens (tertiary/aromatic N) is 1. The maximum Gasteiger partial charge on any atom is 0.290 e. The summed E-state index contributed by atoms with van der Waals surface area (Å²) in [5, 5.41) is 17.7. The van der Waals surface area contributed by atoms with Crippen LogP contribution < -0.4 is 5.43 Å². The van der Waals surface area contributed by atoms with Crippen LogP contribution in [0.5, 0.6) is 0 Å². The van der Waals surface area contributed by atoms with Gasteiger partial charge in [-0.1, -0.05) is 13.3 Å². The monoisotopic (exact) mass is 350 g/mol. The first kappa shape index (κ1) is 19.2. The number of H-pyrrole nitrogens is 1. The van der Waals surface area contributed by atoms with Crippen molar-refractivity contribution in [3.63, 3.8) is 0 Å². The first-order valence-corrected chi connectivity index (χ1v) is 8.65. The van der Waals surface area contributed by atoms with E-state index < -0.39 is 5.60 Å². The summed E-state index contributed by atoms with van der Waals surface area (Å²) in [7, 11) is 0. The fraction of sp³-hybridized carbons (Fsp3) is 0.611. The molecule has 0 spiro atoms. The van der Waals surface area contributed by atoms with E-state index in [0.717, 1.165) is 31.4 Å². The van der Waals surface area contributed by atoms with E-state index in [9.17, 15) is 14.7 Å². The molecule has 2 fully saturated rings. The molecule has 2 heterocycles. The molecule has 1 saturated carbocycles. The fourth-order valence-corrected chi connectivity index (χ4v) is 4.14. The molecule has 2 aliphatic rings. The molecular formula is C18H26N2O5. The van der Waals surface area contributed by atoms with Gasteiger partial charge in [0.05, 0.1) is 5.60 Å². The second kappa shape index (κ2) is 7.82. The molecule has 0 aromatic carbocycles. The number of hydrogen-bond donors (Lipinski definition) is 3. The number of carbonyl (C=O) groups is 2. The van der Waals surface area contributed by atoms with Gasteiger partial charge in [-0.25, -0.2) is 0 Å². The quantitative estimate of drug-likeness (QED) is 0.698. The smallest absolute Gasteiger partial charge is 0.290 e. The van der Waals surface area contributed by atoms with Crippen LogP contribution in [0.15, 0.2) is 17.1 Å². The summed E-state index contributed by atoms with van der Waals surface area (Å²) in [6.45, 7) is 4.76. The Bertz CT molecular complexity index is 686. The Kier molecular flexibility index (Phi) is 6.00. The maximum atomic E-state index is 12.6. The fourth-order valence-electron chi connectivity index (χ4n) is 4.14. The van der Waals surface area contributed by atoms with Crippen LogP contribution in [-0.4, -0.2) is 51.2 Å². The standard InChI is InChI=1S/C17H24N2O3.CH2O2/c1-3-17(22)6-4-5-12-9-19(10-14(12)17)16(21)13-8-18-11(2)7-15(13)20;2-1-3/h7-8,12,14,22H,3-6,9-10H2,1-2H3,(H,18,20);1H,(H,2,3)/t12-,14+,17-;/m1./s1. The predicted octanol–water partition coefficient (Wildman–Crippen LogP) is 1.40. The van der Waals surface area contributed by atoms with Crippen molar-refractivity contribution >= 4 is 12.4 Å². The molecule has 1 aromatic rings. The number of fused-ring (bicyclic) bond motifs is 1. The number of aromatic amines is 1. The third-order valence-electron chi connectivity index (χ3n) is 5.50. The summed E-state index contributed by atoms with van der Waals surface area (Å²) in [4.78, 5) is 37.7. The second-order valence-electron chi connectivity index (χ2n) is 6.93. The lowest BCUT2D eigenvalue weighted by Crippen LogP contribution is -2.44. The molecule has 138 valence electrons. The molecule has 0 unspecified atom stereocenters. The van der Waals surface area contributed by atoms with Crippen LogP contribution in [0, 0.1) is 18.8 Å². The number of aliphatic hydroxyl groups is 1. The predicted molar refractivity (Wildman–Crippen MR) is 92.5 cm³/mol. The van der Waals surface area contributed by atoms with Crippen molar-refractivity contribution in [3.05, 3.63) is 33.7 Å². The van der Waals surface area contributed by atoms with E-state index in [2.05, 4.69) is 4.98 Å². The molecule has 1 amide bonds. The van der Waals surface area contributed by atoms with Crippen LogP contribution in [0.2, 0.25) is 0 Å². The first-order chi connectivity index (χ1) is 11.9. The third kappa shape index (κ3) is 3.92. The molecule has 25 heavy (non-hydrogen) atoms. The van der Waals surface area contributed by atoms with Crippen LogP contribution in [-0.2, 0) is 4.79 Å². The first-order valence-electron chi connectivity index (χ1n) is 8.65. The van der Waals surface area contributed by atoms with Crippen LogP contribution >= 0.6 is 0 Å². The summed E-state index contributed by atoms with van der Waals surface area (Å²) in [6, 6.07) is 1.46. The summed E-state index contributed by atoms with van der Waals surface area (Å²) in [6.07, 6.45) is 5.12. The van der Waals surface area contributed by atoms with Crippen LogP contribution in [0.25, 0.3) is 0 Å². The average Bonchev–Trinajstić information content (AvgIpc) is 3.01. The molecule has 7 heteroatoms. The van der Waals surface area contributed by atoms with E-state index in [4.69, 9.17) is 9.90 Å². The molecule has 1 aromatic heterocycles. The van der Waals surface area contributed by atoms with E-state index >= 15 is 0 Å². The molecule has 1 aliphatic heterocycles. The highest BCUT2D eigenvalue weighted by Crippen LogP contribution is 2.44. The number of hydrogen-bond acceptors (Lipinski definition) is 4. The lowest BCUT2D eigenvalue weighted by Gasteiger charge is -2.40. The van der Waals surface area contributed by atoms with Gasteiger partial charge in [0.1, 0.15) is 5.56 Å². The molecule has 0 radical (unpaired) electrons. The largest absolute Gasteiger partial charge is 0.483 e. The summed E-state index contributed by atoms with van der Waals surface area (Å²) in [5.74, 6) is 0.279. The SMILES string of the molecule is CC[C@@]1(O)CCC[C@@H]2CN(C(=O)c3c[nH]c(C)cc3=O)C[C@@H]21.O=CO. The summed E-state index contributed by atoms with van der Waals surface area (Å²) in [5.41, 5.74) is 0.0561. The van der Waals surface area contributed by atoms with Gasteiger partial charge in [-0.3, -0.25) is 14.4 Å². The van der Waals surface area contributed by atoms with Crippen molar-refractivity contribution in [1.29, 1.82) is 0 Å². The van der Waals surface area contributed by atoms with Crippen molar-refractivity contribution in [2.24, 2.45) is 11.8 Å². The van der Waals surface area contributed by atoms with Gasteiger partial charge in [0.15, 0.2) is 5.43 Å². The molecule has 3 rings (SSSR count). The molecule has 3 N–H and O–H groups in total. The molecular weight excluding hydrogens is 324 g/mol. The number of amides is 1. The molecule has 3 atom stereocenters. The molecule has 1 saturated heterocycles. The van der Waals surface area contributed by atoms with Crippen LogP contribution in [0.1, 0.15) is 48.7 Å². The lowest BCUT2D eigenvalue weighted by molar-refractivity contribution is -0.122. The highest BCUT2D eigenvalue weighted by Gasteiger charge is 2.48. The third-order valence-corrected chi connectivity index (χ3v) is 5.50. The minimum Gasteiger partial charge on any atom is -0.483 e. The Morgan fingerprint density at radius 1 is 1.48 bits per heavy atom. The van der Waals surface area contributed by atoms with Crippen molar-refractivity contribution in [1.82, 2.24) is 9.88 Å². The summed E-state index contributed by atoms with van der Waals surface area (Å²) < 4.78 is 0. The average molecular weight is 350 g/mol. The number of aromatic nitrogens is 1. The molecule has 1 aliphatic carbocycles. The zero-order valence-corrected chi connectivity index (χ0v) is 14.7. The van der Waals surface area contributed by atoms with Gasteiger partial charge in [-0.15, -0.1) is 0 Å². The number of rotatable bonds is 2. The highest BCUT2D eigenvalue weighted by molar-refractivity contribution is 5.94. The number of carboxylic acid groups (broad SMARTS) is 1. The van der Waals surface area contributed by atoms with Gasteiger partial charge in [-0.2, -0.15) is 0 Å². The Morgan fingerprint density at radius 3 is 2.76 bits per heavy atom. The van der Waals surface area contributed by atoms with Gasteiger partial charge in [0.2, 0.25) is 0 Å². The number of aryl methyl sites for hydroxylation is 1. The van der Waals surface area contributed by atoms with Gasteiger partial charge < -0.3 is 20.1 Å². The maximum absolute atomic E-state index is 12.6. The van der Waals surface area contributed by atoms with E-state index in [1.165, 1.54) is 12.3 Å². The Hall–Kier alpha value is -2.15. The van der Waals surface area contributed by atoms with Gasteiger partial charge in [0, 0.05) is 37.0 Å². The van der Waals surface area contributed by atoms with Crippen molar-refractivity contribution in [2.45, 2.75) is 45.1 Å². The van der Waals surface area contributed by atoms with Crippen molar-refractivity contribution in [2.75, 3.05) is 13.1 Å². The minimum absolute atomic E-state index is 0.139. The van der Waals surface area contributed by atoms with Gasteiger partial charge in [-0.05, 0) is 32.1 Å². The second-order valence-corrected chi connectivity index (χ2v) is 6.93. The number of nitrogens with one attached hydrogen (secondary N) is 1. The summed E-state index contributed by atoms with van der Waals surface area (Å²) >= 11 is 0. The van der Waals surface area contributed by atoms with Gasteiger partial charge in [0.25, 0.3) is 12.4 Å².